The summed E-state index contributed by atoms with van der Waals surface area (Å²) in [5.74, 6) is 0.141. The molecule has 13 heteroatoms. The average molecular weight is 585 g/mol. The second kappa shape index (κ2) is 15.6. The van der Waals surface area contributed by atoms with Crippen LogP contribution in [0.1, 0.15) is 74.0 Å². The lowest BCUT2D eigenvalue weighted by Gasteiger charge is -2.36. The van der Waals surface area contributed by atoms with E-state index in [-0.39, 0.29) is 31.1 Å². The molecule has 12 nitrogen and oxygen atoms in total. The summed E-state index contributed by atoms with van der Waals surface area (Å²) in [4.78, 5) is 23.6. The molecular weight excluding hydrogens is 548 g/mol. The van der Waals surface area contributed by atoms with Gasteiger partial charge in [-0.25, -0.2) is 10.2 Å². The van der Waals surface area contributed by atoms with Crippen molar-refractivity contribution in [2.45, 2.75) is 75.2 Å². The summed E-state index contributed by atoms with van der Waals surface area (Å²) in [6, 6.07) is 15.2. The Morgan fingerprint density at radius 1 is 1.02 bits per heavy atom. The number of anilines is 1. The SMILES string of the molecule is Cn1nnnc1SCC1CC(c2ccc(CO)cc2)OC(c2cccc(NC(=O)CCCCCCC(=O)NO)c2)O1. The lowest BCUT2D eigenvalue weighted by molar-refractivity contribution is -0.245. The van der Waals surface area contributed by atoms with Crippen molar-refractivity contribution in [3.63, 3.8) is 0 Å². The van der Waals surface area contributed by atoms with Crippen molar-refractivity contribution in [2.24, 2.45) is 7.05 Å². The highest BCUT2D eigenvalue weighted by molar-refractivity contribution is 7.99. The minimum absolute atomic E-state index is 0.0234. The van der Waals surface area contributed by atoms with Crippen LogP contribution in [0, 0.1) is 0 Å². The van der Waals surface area contributed by atoms with Crippen LogP contribution in [0.4, 0.5) is 5.69 Å². The number of hydroxylamine groups is 1. The summed E-state index contributed by atoms with van der Waals surface area (Å²) in [5, 5.41) is 33.2. The fourth-order valence-electron chi connectivity index (χ4n) is 4.50. The molecule has 4 rings (SSSR count). The van der Waals surface area contributed by atoms with Gasteiger partial charge in [0.2, 0.25) is 17.0 Å². The molecule has 3 unspecified atom stereocenters. The number of rotatable bonds is 14. The summed E-state index contributed by atoms with van der Waals surface area (Å²) < 4.78 is 14.4. The van der Waals surface area contributed by atoms with Gasteiger partial charge in [-0.05, 0) is 46.5 Å². The standard InChI is InChI=1S/C28H36N6O6S/c1-34-28(30-32-33-34)41-18-23-16-24(20-13-11-19(17-35)12-14-20)40-27(39-23)21-7-6-8-22(15-21)29-25(36)9-4-2-3-5-10-26(37)31-38/h6-8,11-15,23-24,27,35,38H,2-5,9-10,16-18H2,1H3,(H,29,36)(H,31,37). The van der Waals surface area contributed by atoms with Crippen molar-refractivity contribution in [3.8, 4) is 0 Å². The molecule has 0 saturated carbocycles. The molecule has 2 heterocycles. The number of tetrazole rings is 1. The lowest BCUT2D eigenvalue weighted by Crippen LogP contribution is -2.31. The maximum absolute atomic E-state index is 12.5. The second-order valence-electron chi connectivity index (χ2n) is 9.87. The Labute approximate surface area is 242 Å². The Balaban J connectivity index is 1.37. The first-order chi connectivity index (χ1) is 19.9. The summed E-state index contributed by atoms with van der Waals surface area (Å²) in [6.45, 7) is -0.0234. The van der Waals surface area contributed by atoms with Gasteiger partial charge in [-0.2, -0.15) is 0 Å². The molecule has 1 aliphatic heterocycles. The number of aliphatic hydroxyl groups excluding tert-OH is 1. The molecule has 4 N–H and O–H groups in total. The maximum Gasteiger partial charge on any atom is 0.243 e. The number of hydrogen-bond donors (Lipinski definition) is 4. The normalized spacial score (nSPS) is 18.7. The molecule has 1 fully saturated rings. The van der Waals surface area contributed by atoms with Gasteiger partial charge in [0.05, 0.1) is 18.8 Å². The number of aryl methyl sites for hydroxylation is 1. The van der Waals surface area contributed by atoms with Crippen molar-refractivity contribution in [1.82, 2.24) is 25.7 Å². The van der Waals surface area contributed by atoms with Crippen LogP contribution in [-0.4, -0.2) is 54.2 Å². The Morgan fingerprint density at radius 3 is 2.46 bits per heavy atom. The van der Waals surface area contributed by atoms with E-state index in [1.54, 1.807) is 17.2 Å². The largest absolute Gasteiger partial charge is 0.392 e. The number of nitrogens with zero attached hydrogens (tertiary/aromatic N) is 4. The fraction of sp³-hybridized carbons (Fsp3) is 0.464. The second-order valence-corrected chi connectivity index (χ2v) is 10.9. The van der Waals surface area contributed by atoms with Crippen molar-refractivity contribution in [1.29, 1.82) is 0 Å². The molecule has 3 atom stereocenters. The van der Waals surface area contributed by atoms with Gasteiger partial charge in [0.25, 0.3) is 0 Å². The molecule has 0 radical (unpaired) electrons. The van der Waals surface area contributed by atoms with Crippen LogP contribution in [0.2, 0.25) is 0 Å². The number of hydrogen-bond acceptors (Lipinski definition) is 10. The number of nitrogens with one attached hydrogen (secondary N) is 2. The van der Waals surface area contributed by atoms with Crippen LogP contribution in [0.15, 0.2) is 53.7 Å². The minimum atomic E-state index is -0.650. The van der Waals surface area contributed by atoms with Crippen LogP contribution >= 0.6 is 11.8 Å². The molecule has 2 aromatic carbocycles. The van der Waals surface area contributed by atoms with Crippen LogP contribution in [0.25, 0.3) is 0 Å². The van der Waals surface area contributed by atoms with Gasteiger partial charge in [0, 0.05) is 43.3 Å². The Morgan fingerprint density at radius 2 is 1.78 bits per heavy atom. The van der Waals surface area contributed by atoms with E-state index in [4.69, 9.17) is 14.7 Å². The number of benzene rings is 2. The summed E-state index contributed by atoms with van der Waals surface area (Å²) >= 11 is 1.51. The smallest absolute Gasteiger partial charge is 0.243 e. The number of carbonyl (C=O) groups excluding carboxylic acids is 2. The Kier molecular flexibility index (Phi) is 11.6. The minimum Gasteiger partial charge on any atom is -0.392 e. The zero-order chi connectivity index (χ0) is 29.0. The first kappa shape index (κ1) is 30.6. The van der Waals surface area contributed by atoms with E-state index in [0.717, 1.165) is 29.5 Å². The van der Waals surface area contributed by atoms with Gasteiger partial charge in [0.1, 0.15) is 0 Å². The summed E-state index contributed by atoms with van der Waals surface area (Å²) in [5.41, 5.74) is 4.89. The predicted molar refractivity (Wildman–Crippen MR) is 151 cm³/mol. The van der Waals surface area contributed by atoms with E-state index in [1.807, 2.05) is 48.5 Å². The first-order valence-electron chi connectivity index (χ1n) is 13.6. The predicted octanol–water partition coefficient (Wildman–Crippen LogP) is 3.82. The van der Waals surface area contributed by atoms with E-state index in [0.29, 0.717) is 42.3 Å². The van der Waals surface area contributed by atoms with Crippen molar-refractivity contribution < 1.29 is 29.4 Å². The third kappa shape index (κ3) is 9.33. The molecule has 0 spiro atoms. The number of aliphatic hydroxyl groups is 1. The third-order valence-electron chi connectivity index (χ3n) is 6.72. The Hall–Kier alpha value is -3.36. The highest BCUT2D eigenvalue weighted by Gasteiger charge is 2.32. The lowest BCUT2D eigenvalue weighted by atomic mass is 10.0. The van der Waals surface area contributed by atoms with Crippen LogP contribution < -0.4 is 10.8 Å². The van der Waals surface area contributed by atoms with Crippen molar-refractivity contribution >= 4 is 29.3 Å². The van der Waals surface area contributed by atoms with E-state index in [9.17, 15) is 14.7 Å². The number of aromatic nitrogens is 4. The van der Waals surface area contributed by atoms with Crippen LogP contribution in [-0.2, 0) is 32.7 Å². The quantitative estimate of drug-likeness (QED) is 0.0949. The van der Waals surface area contributed by atoms with E-state index in [1.165, 1.54) is 11.8 Å². The Bertz CT molecular complexity index is 1270. The fourth-order valence-corrected chi connectivity index (χ4v) is 5.37. The highest BCUT2D eigenvalue weighted by Crippen LogP contribution is 2.39. The maximum atomic E-state index is 12.5. The van der Waals surface area contributed by atoms with Crippen molar-refractivity contribution in [2.75, 3.05) is 11.1 Å². The molecule has 220 valence electrons. The molecular formula is C28H36N6O6S. The molecule has 1 aliphatic rings. The zero-order valence-corrected chi connectivity index (χ0v) is 23.8. The number of unbranched alkanes of at least 4 members (excludes halogenated alkanes) is 3. The topological polar surface area (TPSA) is 161 Å². The van der Waals surface area contributed by atoms with Gasteiger partial charge >= 0.3 is 0 Å². The summed E-state index contributed by atoms with van der Waals surface area (Å²) in [6.07, 6.45) is 3.24. The highest BCUT2D eigenvalue weighted by atomic mass is 32.2. The molecule has 0 bridgehead atoms. The zero-order valence-electron chi connectivity index (χ0n) is 22.9. The molecule has 2 amide bonds. The van der Waals surface area contributed by atoms with Crippen molar-refractivity contribution in [3.05, 3.63) is 65.2 Å². The van der Waals surface area contributed by atoms with Gasteiger partial charge in [-0.1, -0.05) is 61.0 Å². The molecule has 1 aromatic heterocycles. The number of carbonyl (C=O) groups is 2. The first-order valence-corrected chi connectivity index (χ1v) is 14.6. The summed E-state index contributed by atoms with van der Waals surface area (Å²) in [7, 11) is 1.79. The molecule has 41 heavy (non-hydrogen) atoms. The van der Waals surface area contributed by atoms with Gasteiger partial charge in [-0.3, -0.25) is 14.8 Å². The van der Waals surface area contributed by atoms with E-state index >= 15 is 0 Å². The molecule has 1 saturated heterocycles. The van der Waals surface area contributed by atoms with Crippen LogP contribution in [0.3, 0.4) is 0 Å². The van der Waals surface area contributed by atoms with Gasteiger partial charge in [-0.15, -0.1) is 5.10 Å². The van der Waals surface area contributed by atoms with E-state index in [2.05, 4.69) is 20.8 Å². The number of thioether (sulfide) groups is 1. The monoisotopic (exact) mass is 584 g/mol. The number of amides is 2. The molecule has 0 aliphatic carbocycles. The van der Waals surface area contributed by atoms with Gasteiger partial charge < -0.3 is 19.9 Å². The number of ether oxygens (including phenoxy) is 2. The van der Waals surface area contributed by atoms with Crippen LogP contribution in [0.5, 0.6) is 0 Å². The third-order valence-corrected chi connectivity index (χ3v) is 7.86. The van der Waals surface area contributed by atoms with Gasteiger partial charge in [0.15, 0.2) is 6.29 Å². The average Bonchev–Trinajstić information content (AvgIpc) is 3.42. The molecule has 3 aromatic rings. The van der Waals surface area contributed by atoms with E-state index < -0.39 is 12.2 Å².